The number of fused-ring (bicyclic) bond motifs is 1. The van der Waals surface area contributed by atoms with Gasteiger partial charge >= 0.3 is 0 Å². The number of rotatable bonds is 0. The van der Waals surface area contributed by atoms with E-state index in [9.17, 15) is 0 Å². The van der Waals surface area contributed by atoms with Crippen LogP contribution < -0.4 is 0 Å². The molecule has 2 atom stereocenters. The highest BCUT2D eigenvalue weighted by Gasteiger charge is 2.21. The Morgan fingerprint density at radius 2 is 2.11 bits per heavy atom. The second-order valence-electron chi connectivity index (χ2n) is 2.32. The van der Waals surface area contributed by atoms with E-state index in [0.29, 0.717) is 12.1 Å². The fourth-order valence-electron chi connectivity index (χ4n) is 1.21. The molecule has 1 heterocycles. The molecule has 0 aromatic rings. The maximum Gasteiger partial charge on any atom is 0.0906 e. The summed E-state index contributed by atoms with van der Waals surface area (Å²) in [6, 6.07) is 0.782. The predicted octanol–water partition coefficient (Wildman–Crippen LogP) is 0.839. The van der Waals surface area contributed by atoms with Crippen LogP contribution in [0.5, 0.6) is 0 Å². The highest BCUT2D eigenvalue weighted by Crippen LogP contribution is 2.18. The first-order valence-corrected chi connectivity index (χ1v) is 3.18. The summed E-state index contributed by atoms with van der Waals surface area (Å²) in [6.07, 6.45) is 8.90. The Bertz CT molecular complexity index is 191. The quantitative estimate of drug-likeness (QED) is 0.423. The van der Waals surface area contributed by atoms with Gasteiger partial charge in [0, 0.05) is 12.4 Å². The fourth-order valence-corrected chi connectivity index (χ4v) is 1.21. The molecule has 0 aromatic heterocycles. The maximum atomic E-state index is 4.25. The molecule has 0 saturated carbocycles. The summed E-state index contributed by atoms with van der Waals surface area (Å²) >= 11 is 0. The average molecular weight is 120 g/mol. The van der Waals surface area contributed by atoms with Crippen LogP contribution in [0.2, 0.25) is 0 Å². The normalized spacial score (nSPS) is 37.3. The standard InChI is InChI=1S/C7H8N2/c1-2-6-7(3-1)9-5-4-8-6/h1-2,4-7H,3H2. The molecule has 0 radical (unpaired) electrons. The van der Waals surface area contributed by atoms with Crippen molar-refractivity contribution in [3.05, 3.63) is 12.2 Å². The Balaban J connectivity index is 2.25. The summed E-state index contributed by atoms with van der Waals surface area (Å²) in [7, 11) is 0. The molecule has 0 aromatic carbocycles. The van der Waals surface area contributed by atoms with Gasteiger partial charge in [-0.25, -0.2) is 0 Å². The summed E-state index contributed by atoms with van der Waals surface area (Å²) in [5, 5.41) is 0. The first-order valence-electron chi connectivity index (χ1n) is 3.18. The largest absolute Gasteiger partial charge is 0.285 e. The predicted molar refractivity (Wildman–Crippen MR) is 38.3 cm³/mol. The number of hydrogen-bond acceptors (Lipinski definition) is 2. The minimum absolute atomic E-state index is 0.356. The van der Waals surface area contributed by atoms with Gasteiger partial charge in [-0.15, -0.1) is 0 Å². The van der Waals surface area contributed by atoms with Crippen molar-refractivity contribution in [2.45, 2.75) is 18.5 Å². The number of nitrogens with zero attached hydrogens (tertiary/aromatic N) is 2. The lowest BCUT2D eigenvalue weighted by Gasteiger charge is -2.12. The van der Waals surface area contributed by atoms with Gasteiger partial charge in [0.25, 0.3) is 0 Å². The van der Waals surface area contributed by atoms with E-state index in [1.807, 2.05) is 0 Å². The number of hydrogen-bond donors (Lipinski definition) is 0. The molecule has 0 N–H and O–H groups in total. The summed E-state index contributed by atoms with van der Waals surface area (Å²) in [5.74, 6) is 0. The first kappa shape index (κ1) is 4.91. The Morgan fingerprint density at radius 1 is 1.22 bits per heavy atom. The summed E-state index contributed by atoms with van der Waals surface area (Å²) in [6.45, 7) is 0. The van der Waals surface area contributed by atoms with Gasteiger partial charge in [-0.2, -0.15) is 0 Å². The highest BCUT2D eigenvalue weighted by atomic mass is 14.9. The third-order valence-electron chi connectivity index (χ3n) is 1.71. The zero-order chi connectivity index (χ0) is 6.10. The van der Waals surface area contributed by atoms with Gasteiger partial charge in [-0.3, -0.25) is 9.98 Å². The van der Waals surface area contributed by atoms with Gasteiger partial charge in [-0.1, -0.05) is 12.2 Å². The second kappa shape index (κ2) is 1.79. The molecule has 46 valence electrons. The molecule has 0 fully saturated rings. The van der Waals surface area contributed by atoms with E-state index >= 15 is 0 Å². The van der Waals surface area contributed by atoms with Crippen LogP contribution in [0.15, 0.2) is 22.1 Å². The Kier molecular flexibility index (Phi) is 0.979. The zero-order valence-corrected chi connectivity index (χ0v) is 5.07. The van der Waals surface area contributed by atoms with Crippen molar-refractivity contribution >= 4 is 12.4 Å². The molecular weight excluding hydrogens is 112 g/mol. The highest BCUT2D eigenvalue weighted by molar-refractivity contribution is 6.16. The minimum atomic E-state index is 0.356. The van der Waals surface area contributed by atoms with Crippen LogP contribution in [0, 0.1) is 0 Å². The second-order valence-corrected chi connectivity index (χ2v) is 2.32. The fraction of sp³-hybridized carbons (Fsp3) is 0.429. The molecule has 2 rings (SSSR count). The third-order valence-corrected chi connectivity index (χ3v) is 1.71. The maximum absolute atomic E-state index is 4.25. The third kappa shape index (κ3) is 0.707. The topological polar surface area (TPSA) is 24.7 Å². The summed E-state index contributed by atoms with van der Waals surface area (Å²) in [5.41, 5.74) is 0. The van der Waals surface area contributed by atoms with Crippen molar-refractivity contribution in [3.8, 4) is 0 Å². The van der Waals surface area contributed by atoms with Gasteiger partial charge in [-0.05, 0) is 6.42 Å². The smallest absolute Gasteiger partial charge is 0.0906 e. The van der Waals surface area contributed by atoms with Crippen molar-refractivity contribution in [1.82, 2.24) is 0 Å². The van der Waals surface area contributed by atoms with Crippen LogP contribution in [0.4, 0.5) is 0 Å². The minimum Gasteiger partial charge on any atom is -0.285 e. The van der Waals surface area contributed by atoms with Crippen LogP contribution in [-0.4, -0.2) is 24.5 Å². The van der Waals surface area contributed by atoms with Gasteiger partial charge < -0.3 is 0 Å². The van der Waals surface area contributed by atoms with E-state index in [4.69, 9.17) is 0 Å². The number of aliphatic imine (C=N–C) groups is 2. The molecule has 9 heavy (non-hydrogen) atoms. The molecule has 0 saturated heterocycles. The van der Waals surface area contributed by atoms with Crippen LogP contribution in [0.1, 0.15) is 6.42 Å². The molecule has 1 aliphatic heterocycles. The first-order chi connectivity index (χ1) is 4.47. The van der Waals surface area contributed by atoms with E-state index in [-0.39, 0.29) is 0 Å². The molecule has 0 amide bonds. The average Bonchev–Trinajstić information content (AvgIpc) is 2.33. The molecule has 0 spiro atoms. The van der Waals surface area contributed by atoms with Crippen molar-refractivity contribution in [2.24, 2.45) is 9.98 Å². The molecular formula is C7H8N2. The van der Waals surface area contributed by atoms with Gasteiger partial charge in [0.15, 0.2) is 0 Å². The summed E-state index contributed by atoms with van der Waals surface area (Å²) < 4.78 is 0. The molecule has 1 aliphatic carbocycles. The van der Waals surface area contributed by atoms with Gasteiger partial charge in [0.1, 0.15) is 0 Å². The van der Waals surface area contributed by atoms with Crippen molar-refractivity contribution in [3.63, 3.8) is 0 Å². The lowest BCUT2D eigenvalue weighted by Crippen LogP contribution is -2.19. The Labute approximate surface area is 54.0 Å². The van der Waals surface area contributed by atoms with E-state index in [1.165, 1.54) is 0 Å². The van der Waals surface area contributed by atoms with Crippen molar-refractivity contribution in [2.75, 3.05) is 0 Å². The van der Waals surface area contributed by atoms with Crippen LogP contribution >= 0.6 is 0 Å². The Hall–Kier alpha value is -0.920. The van der Waals surface area contributed by atoms with Crippen LogP contribution in [0.3, 0.4) is 0 Å². The molecule has 2 aliphatic rings. The van der Waals surface area contributed by atoms with E-state index in [2.05, 4.69) is 22.1 Å². The molecule has 0 bridgehead atoms. The summed E-state index contributed by atoms with van der Waals surface area (Å²) in [4.78, 5) is 8.48. The van der Waals surface area contributed by atoms with Crippen molar-refractivity contribution in [1.29, 1.82) is 0 Å². The van der Waals surface area contributed by atoms with Crippen LogP contribution in [-0.2, 0) is 0 Å². The zero-order valence-electron chi connectivity index (χ0n) is 5.07. The lowest BCUT2D eigenvalue weighted by molar-refractivity contribution is 0.646. The SMILES string of the molecule is C1=CC2N=CC=NC2C1. The van der Waals surface area contributed by atoms with Gasteiger partial charge in [0.05, 0.1) is 12.1 Å². The molecule has 2 nitrogen and oxygen atoms in total. The van der Waals surface area contributed by atoms with Crippen LogP contribution in [0.25, 0.3) is 0 Å². The van der Waals surface area contributed by atoms with E-state index in [0.717, 1.165) is 6.42 Å². The monoisotopic (exact) mass is 120 g/mol. The van der Waals surface area contributed by atoms with Crippen molar-refractivity contribution < 1.29 is 0 Å². The van der Waals surface area contributed by atoms with Gasteiger partial charge in [0.2, 0.25) is 0 Å². The Morgan fingerprint density at radius 3 is 3.00 bits per heavy atom. The van der Waals surface area contributed by atoms with E-state index in [1.54, 1.807) is 12.4 Å². The molecule has 2 unspecified atom stereocenters. The van der Waals surface area contributed by atoms with E-state index < -0.39 is 0 Å². The molecule has 2 heteroatoms. The lowest BCUT2D eigenvalue weighted by atomic mass is 10.2.